The molecule has 0 amide bonds. The Kier molecular flexibility index (Phi) is 2.25. The fourth-order valence-corrected chi connectivity index (χ4v) is 1.38. The van der Waals surface area contributed by atoms with Crippen LogP contribution in [0.2, 0.25) is 5.02 Å². The lowest BCUT2D eigenvalue weighted by molar-refractivity contribution is 0.611. The summed E-state index contributed by atoms with van der Waals surface area (Å²) in [6.07, 6.45) is 3.41. The van der Waals surface area contributed by atoms with Gasteiger partial charge in [0.05, 0.1) is 11.2 Å². The first-order valence-electron chi connectivity index (χ1n) is 4.14. The van der Waals surface area contributed by atoms with Crippen molar-refractivity contribution in [2.24, 2.45) is 0 Å². The number of hydrogen-bond donors (Lipinski definition) is 0. The van der Waals surface area contributed by atoms with Gasteiger partial charge < -0.3 is 0 Å². The molecule has 2 nitrogen and oxygen atoms in total. The van der Waals surface area contributed by atoms with Crippen LogP contribution in [0.1, 0.15) is 5.56 Å². The molecule has 0 N–H and O–H groups in total. The number of benzene rings is 1. The van der Waals surface area contributed by atoms with Gasteiger partial charge in [0.15, 0.2) is 5.82 Å². The molecule has 1 aromatic heterocycles. The number of nitrogens with zero attached hydrogens (tertiary/aromatic N) is 2. The summed E-state index contributed by atoms with van der Waals surface area (Å²) in [6, 6.07) is 4.84. The lowest BCUT2D eigenvalue weighted by atomic mass is 10.3. The fourth-order valence-electron chi connectivity index (χ4n) is 1.21. The summed E-state index contributed by atoms with van der Waals surface area (Å²) in [5.41, 5.74) is 1.34. The minimum atomic E-state index is -0.447. The third kappa shape index (κ3) is 1.51. The summed E-state index contributed by atoms with van der Waals surface area (Å²) in [5.74, 6) is -0.447. The van der Waals surface area contributed by atoms with Crippen molar-refractivity contribution in [2.45, 2.75) is 6.92 Å². The largest absolute Gasteiger partial charge is 0.238 e. The highest BCUT2D eigenvalue weighted by molar-refractivity contribution is 6.30. The molecule has 14 heavy (non-hydrogen) atoms. The van der Waals surface area contributed by atoms with Crippen LogP contribution in [-0.2, 0) is 0 Å². The van der Waals surface area contributed by atoms with Crippen LogP contribution in [-0.4, -0.2) is 9.78 Å². The molecule has 0 fully saturated rings. The van der Waals surface area contributed by atoms with E-state index in [1.54, 1.807) is 24.5 Å². The van der Waals surface area contributed by atoms with Crippen LogP contribution in [0.15, 0.2) is 30.6 Å². The molecule has 0 saturated heterocycles. The van der Waals surface area contributed by atoms with Crippen molar-refractivity contribution in [1.82, 2.24) is 9.78 Å². The molecular weight excluding hydrogens is 203 g/mol. The van der Waals surface area contributed by atoms with E-state index in [1.807, 2.05) is 6.92 Å². The van der Waals surface area contributed by atoms with E-state index >= 15 is 0 Å². The summed E-state index contributed by atoms with van der Waals surface area (Å²) in [7, 11) is 0. The predicted octanol–water partition coefficient (Wildman–Crippen LogP) is 2.97. The van der Waals surface area contributed by atoms with Crippen LogP contribution in [0.25, 0.3) is 5.69 Å². The normalized spacial score (nSPS) is 10.5. The SMILES string of the molecule is Cc1cnn(-c2cccc(Cl)c2F)c1. The van der Waals surface area contributed by atoms with Crippen molar-refractivity contribution >= 4 is 11.6 Å². The first kappa shape index (κ1) is 9.21. The molecule has 0 radical (unpaired) electrons. The summed E-state index contributed by atoms with van der Waals surface area (Å²) >= 11 is 5.65. The summed E-state index contributed by atoms with van der Waals surface area (Å²) in [4.78, 5) is 0. The van der Waals surface area contributed by atoms with Gasteiger partial charge in [0.2, 0.25) is 0 Å². The van der Waals surface area contributed by atoms with E-state index in [4.69, 9.17) is 11.6 Å². The maximum absolute atomic E-state index is 13.5. The smallest absolute Gasteiger partial charge is 0.167 e. The molecule has 1 aromatic carbocycles. The Morgan fingerprint density at radius 2 is 2.21 bits per heavy atom. The first-order chi connectivity index (χ1) is 6.68. The van der Waals surface area contributed by atoms with Gasteiger partial charge in [-0.15, -0.1) is 0 Å². The Bertz CT molecular complexity index is 465. The Morgan fingerprint density at radius 3 is 2.86 bits per heavy atom. The second-order valence-electron chi connectivity index (χ2n) is 3.04. The molecule has 0 aliphatic carbocycles. The molecule has 0 spiro atoms. The van der Waals surface area contributed by atoms with E-state index in [-0.39, 0.29) is 5.02 Å². The van der Waals surface area contributed by atoms with Crippen LogP contribution in [0.3, 0.4) is 0 Å². The Hall–Kier alpha value is -1.35. The number of aryl methyl sites for hydroxylation is 1. The zero-order valence-corrected chi connectivity index (χ0v) is 8.29. The Labute approximate surface area is 85.9 Å². The summed E-state index contributed by atoms with van der Waals surface area (Å²) in [6.45, 7) is 1.89. The molecule has 4 heteroatoms. The lowest BCUT2D eigenvalue weighted by Gasteiger charge is -2.03. The number of rotatable bonds is 1. The minimum Gasteiger partial charge on any atom is -0.238 e. The van der Waals surface area contributed by atoms with Gasteiger partial charge in [-0.25, -0.2) is 9.07 Å². The van der Waals surface area contributed by atoms with Crippen LogP contribution < -0.4 is 0 Å². The van der Waals surface area contributed by atoms with Gasteiger partial charge in [-0.05, 0) is 24.6 Å². The molecule has 2 aromatic rings. The molecule has 0 atom stereocenters. The number of hydrogen-bond acceptors (Lipinski definition) is 1. The topological polar surface area (TPSA) is 17.8 Å². The quantitative estimate of drug-likeness (QED) is 0.708. The number of halogens is 2. The second kappa shape index (κ2) is 3.42. The van der Waals surface area contributed by atoms with Gasteiger partial charge in [-0.3, -0.25) is 0 Å². The Morgan fingerprint density at radius 1 is 1.43 bits per heavy atom. The standard InChI is InChI=1S/C10H8ClFN2/c1-7-5-13-14(6-7)9-4-2-3-8(11)10(9)12/h2-6H,1H3. The maximum atomic E-state index is 13.5. The summed E-state index contributed by atoms with van der Waals surface area (Å²) in [5, 5.41) is 4.11. The molecule has 72 valence electrons. The third-order valence-corrected chi connectivity index (χ3v) is 2.18. The minimum absolute atomic E-state index is 0.107. The molecular formula is C10H8ClFN2. The van der Waals surface area contributed by atoms with Crippen LogP contribution in [0.4, 0.5) is 4.39 Å². The molecule has 0 unspecified atom stereocenters. The highest BCUT2D eigenvalue weighted by Crippen LogP contribution is 2.20. The monoisotopic (exact) mass is 210 g/mol. The molecule has 1 heterocycles. The average molecular weight is 211 g/mol. The van der Waals surface area contributed by atoms with Crippen molar-refractivity contribution in [1.29, 1.82) is 0 Å². The van der Waals surface area contributed by atoms with E-state index in [2.05, 4.69) is 5.10 Å². The fraction of sp³-hybridized carbons (Fsp3) is 0.100. The highest BCUT2D eigenvalue weighted by atomic mass is 35.5. The van der Waals surface area contributed by atoms with Gasteiger partial charge >= 0.3 is 0 Å². The Balaban J connectivity index is 2.57. The molecule has 0 bridgehead atoms. The van der Waals surface area contributed by atoms with Gasteiger partial charge in [0.25, 0.3) is 0 Å². The maximum Gasteiger partial charge on any atom is 0.167 e. The van der Waals surface area contributed by atoms with Gasteiger partial charge in [0.1, 0.15) is 5.69 Å². The van der Waals surface area contributed by atoms with Gasteiger partial charge in [0, 0.05) is 6.20 Å². The molecule has 0 aliphatic rings. The van der Waals surface area contributed by atoms with Crippen molar-refractivity contribution in [2.75, 3.05) is 0 Å². The van der Waals surface area contributed by atoms with E-state index < -0.39 is 5.82 Å². The van der Waals surface area contributed by atoms with Gasteiger partial charge in [-0.2, -0.15) is 5.10 Å². The molecule has 0 aliphatic heterocycles. The van der Waals surface area contributed by atoms with Crippen molar-refractivity contribution in [3.63, 3.8) is 0 Å². The van der Waals surface area contributed by atoms with Crippen molar-refractivity contribution in [3.8, 4) is 5.69 Å². The van der Waals surface area contributed by atoms with Crippen LogP contribution >= 0.6 is 11.6 Å². The van der Waals surface area contributed by atoms with Crippen LogP contribution in [0.5, 0.6) is 0 Å². The van der Waals surface area contributed by atoms with Gasteiger partial charge in [-0.1, -0.05) is 17.7 Å². The first-order valence-corrected chi connectivity index (χ1v) is 4.52. The summed E-state index contributed by atoms with van der Waals surface area (Å²) < 4.78 is 15.0. The second-order valence-corrected chi connectivity index (χ2v) is 3.44. The predicted molar refractivity (Wildman–Crippen MR) is 53.3 cm³/mol. The van der Waals surface area contributed by atoms with Crippen molar-refractivity contribution < 1.29 is 4.39 Å². The zero-order chi connectivity index (χ0) is 10.1. The average Bonchev–Trinajstić information content (AvgIpc) is 2.57. The zero-order valence-electron chi connectivity index (χ0n) is 7.54. The van der Waals surface area contributed by atoms with E-state index in [9.17, 15) is 4.39 Å². The van der Waals surface area contributed by atoms with E-state index in [1.165, 1.54) is 10.7 Å². The van der Waals surface area contributed by atoms with Crippen molar-refractivity contribution in [3.05, 3.63) is 47.0 Å². The van der Waals surface area contributed by atoms with E-state index in [0.29, 0.717) is 5.69 Å². The van der Waals surface area contributed by atoms with E-state index in [0.717, 1.165) is 5.56 Å². The molecule has 2 rings (SSSR count). The molecule has 0 saturated carbocycles. The number of aromatic nitrogens is 2. The van der Waals surface area contributed by atoms with Crippen LogP contribution in [0, 0.1) is 12.7 Å². The third-order valence-electron chi connectivity index (χ3n) is 1.89. The highest BCUT2D eigenvalue weighted by Gasteiger charge is 2.08. The lowest BCUT2D eigenvalue weighted by Crippen LogP contribution is -1.97.